The molecule has 0 saturated carbocycles. The number of nitrogens with one attached hydrogen (secondary N) is 1. The molecule has 2 atom stereocenters. The van der Waals surface area contributed by atoms with Crippen LogP contribution in [0.5, 0.6) is 0 Å². The minimum Gasteiger partial charge on any atom is -0.309 e. The molecule has 1 aliphatic rings. The molecule has 0 amide bonds. The third-order valence-corrected chi connectivity index (χ3v) is 1.93. The van der Waals surface area contributed by atoms with E-state index in [-0.39, 0.29) is 0 Å². The highest BCUT2D eigenvalue weighted by molar-refractivity contribution is 7.77. The zero-order chi connectivity index (χ0) is 8.32. The van der Waals surface area contributed by atoms with Gasteiger partial charge in [0, 0.05) is 6.42 Å². The van der Waals surface area contributed by atoms with Gasteiger partial charge in [-0.15, -0.1) is 0 Å². The van der Waals surface area contributed by atoms with Gasteiger partial charge in [0.2, 0.25) is 11.3 Å². The summed E-state index contributed by atoms with van der Waals surface area (Å²) >= 11 is -2.06. The molecule has 4 nitrogen and oxygen atoms in total. The zero-order valence-corrected chi connectivity index (χ0v) is 6.67. The normalized spacial score (nSPS) is 32.2. The molecule has 2 unspecified atom stereocenters. The summed E-state index contributed by atoms with van der Waals surface area (Å²) in [5.74, 6) is 0. The maximum atomic E-state index is 10.3. The van der Waals surface area contributed by atoms with E-state index in [1.165, 1.54) is 0 Å². The summed E-state index contributed by atoms with van der Waals surface area (Å²) < 4.78 is 21.2. The first kappa shape index (κ1) is 8.61. The Morgan fingerprint density at radius 2 is 2.36 bits per heavy atom. The van der Waals surface area contributed by atoms with Crippen molar-refractivity contribution in [3.63, 3.8) is 0 Å². The Balaban J connectivity index is 2.61. The molecular formula is C6H10N2O2S. The maximum absolute atomic E-state index is 10.3. The molecule has 0 fully saturated rings. The molecule has 0 spiro atoms. The van der Waals surface area contributed by atoms with E-state index in [4.69, 9.17) is 10.3 Å². The largest absolute Gasteiger partial charge is 0.309 e. The van der Waals surface area contributed by atoms with E-state index in [9.17, 15) is 4.21 Å². The van der Waals surface area contributed by atoms with Crippen LogP contribution >= 0.6 is 0 Å². The lowest BCUT2D eigenvalue weighted by atomic mass is 10.0. The Morgan fingerprint density at radius 3 is 2.82 bits per heavy atom. The first-order chi connectivity index (χ1) is 5.12. The van der Waals surface area contributed by atoms with Crippen molar-refractivity contribution in [1.29, 1.82) is 0 Å². The van der Waals surface area contributed by atoms with Gasteiger partial charge in [0.15, 0.2) is 0 Å². The Hall–Kier alpha value is -0.490. The quantitative estimate of drug-likeness (QED) is 0.403. The molecule has 0 aromatic rings. The van der Waals surface area contributed by atoms with Crippen LogP contribution < -0.4 is 10.5 Å². The van der Waals surface area contributed by atoms with Crippen LogP contribution in [-0.4, -0.2) is 14.4 Å². The van der Waals surface area contributed by atoms with Crippen LogP contribution in [0.3, 0.4) is 0 Å². The Bertz CT molecular complexity index is 227. The van der Waals surface area contributed by atoms with Crippen molar-refractivity contribution in [2.24, 2.45) is 5.73 Å². The summed E-state index contributed by atoms with van der Waals surface area (Å²) in [6, 6.07) is 0. The summed E-state index contributed by atoms with van der Waals surface area (Å²) in [5, 5.41) is 0. The molecule has 0 aromatic carbocycles. The standard InChI is InChI=1S/C6H10N2O2S/c7-6(8-11(9)10)4-2-1-3-5-6/h1-4,8H,5,7H2,(H,9,10). The molecule has 0 radical (unpaired) electrons. The fourth-order valence-corrected chi connectivity index (χ4v) is 1.35. The summed E-state index contributed by atoms with van der Waals surface area (Å²) in [6.45, 7) is 0. The van der Waals surface area contributed by atoms with Crippen molar-refractivity contribution < 1.29 is 8.76 Å². The molecule has 0 bridgehead atoms. The molecule has 5 heteroatoms. The first-order valence-corrected chi connectivity index (χ1v) is 4.25. The van der Waals surface area contributed by atoms with Crippen LogP contribution in [0.2, 0.25) is 0 Å². The van der Waals surface area contributed by atoms with Crippen LogP contribution in [0.25, 0.3) is 0 Å². The van der Waals surface area contributed by atoms with E-state index in [1.54, 1.807) is 12.2 Å². The molecule has 1 aliphatic carbocycles. The number of rotatable bonds is 2. The second-order valence-corrected chi connectivity index (χ2v) is 3.09. The summed E-state index contributed by atoms with van der Waals surface area (Å²) in [4.78, 5) is 0. The van der Waals surface area contributed by atoms with Gasteiger partial charge in [0.1, 0.15) is 5.66 Å². The lowest BCUT2D eigenvalue weighted by Crippen LogP contribution is -2.52. The van der Waals surface area contributed by atoms with Crippen molar-refractivity contribution in [2.45, 2.75) is 12.1 Å². The van der Waals surface area contributed by atoms with Crippen LogP contribution in [-0.2, 0) is 11.3 Å². The van der Waals surface area contributed by atoms with Gasteiger partial charge in [-0.3, -0.25) is 4.55 Å². The second kappa shape index (κ2) is 3.27. The fourth-order valence-electron chi connectivity index (χ4n) is 0.875. The number of hydrogen-bond donors (Lipinski definition) is 3. The first-order valence-electron chi connectivity index (χ1n) is 3.14. The van der Waals surface area contributed by atoms with Crippen LogP contribution in [0.1, 0.15) is 6.42 Å². The predicted molar refractivity (Wildman–Crippen MR) is 43.7 cm³/mol. The smallest absolute Gasteiger partial charge is 0.233 e. The second-order valence-electron chi connectivity index (χ2n) is 2.38. The monoisotopic (exact) mass is 174 g/mol. The van der Waals surface area contributed by atoms with E-state index in [2.05, 4.69) is 4.72 Å². The zero-order valence-electron chi connectivity index (χ0n) is 5.86. The highest BCUT2D eigenvalue weighted by Gasteiger charge is 2.22. The summed E-state index contributed by atoms with van der Waals surface area (Å²) in [6.07, 6.45) is 7.59. The lowest BCUT2D eigenvalue weighted by molar-refractivity contribution is 0.466. The molecule has 0 aromatic heterocycles. The topological polar surface area (TPSA) is 75.3 Å². The molecule has 62 valence electrons. The maximum Gasteiger partial charge on any atom is 0.233 e. The molecule has 0 saturated heterocycles. The van der Waals surface area contributed by atoms with Gasteiger partial charge in [0.05, 0.1) is 0 Å². The van der Waals surface area contributed by atoms with E-state index in [1.807, 2.05) is 12.2 Å². The van der Waals surface area contributed by atoms with Crippen molar-refractivity contribution in [3.05, 3.63) is 24.3 Å². The number of hydrogen-bond acceptors (Lipinski definition) is 2. The fraction of sp³-hybridized carbons (Fsp3) is 0.333. The van der Waals surface area contributed by atoms with Gasteiger partial charge in [-0.25, -0.2) is 4.21 Å². The van der Waals surface area contributed by atoms with Gasteiger partial charge in [-0.05, 0) is 6.08 Å². The van der Waals surface area contributed by atoms with Gasteiger partial charge >= 0.3 is 0 Å². The minimum atomic E-state index is -2.06. The molecule has 0 aliphatic heterocycles. The van der Waals surface area contributed by atoms with Gasteiger partial charge < -0.3 is 5.73 Å². The van der Waals surface area contributed by atoms with E-state index < -0.39 is 16.9 Å². The molecular weight excluding hydrogens is 164 g/mol. The van der Waals surface area contributed by atoms with E-state index >= 15 is 0 Å². The predicted octanol–water partition coefficient (Wildman–Crippen LogP) is -0.116. The molecule has 0 heterocycles. The number of nitrogens with two attached hydrogens (primary N) is 1. The molecule has 4 N–H and O–H groups in total. The SMILES string of the molecule is NC1(NS(=O)O)C=CC=CC1. The van der Waals surface area contributed by atoms with Crippen molar-refractivity contribution >= 4 is 11.3 Å². The highest BCUT2D eigenvalue weighted by atomic mass is 32.2. The summed E-state index contributed by atoms with van der Waals surface area (Å²) in [5.41, 5.74) is 4.79. The van der Waals surface area contributed by atoms with Crippen molar-refractivity contribution in [3.8, 4) is 0 Å². The van der Waals surface area contributed by atoms with Gasteiger partial charge in [0.25, 0.3) is 0 Å². The average molecular weight is 174 g/mol. The minimum absolute atomic E-state index is 0.524. The molecule has 11 heavy (non-hydrogen) atoms. The van der Waals surface area contributed by atoms with Crippen molar-refractivity contribution in [1.82, 2.24) is 4.72 Å². The average Bonchev–Trinajstić information content (AvgIpc) is 1.85. The highest BCUT2D eigenvalue weighted by Crippen LogP contribution is 2.10. The third-order valence-electron chi connectivity index (χ3n) is 1.37. The Labute approximate surface area is 67.6 Å². The van der Waals surface area contributed by atoms with Gasteiger partial charge in [-0.1, -0.05) is 18.2 Å². The van der Waals surface area contributed by atoms with E-state index in [0.717, 1.165) is 0 Å². The Morgan fingerprint density at radius 1 is 1.64 bits per heavy atom. The Kier molecular flexibility index (Phi) is 2.56. The van der Waals surface area contributed by atoms with E-state index in [0.29, 0.717) is 6.42 Å². The van der Waals surface area contributed by atoms with Crippen LogP contribution in [0.4, 0.5) is 0 Å². The third kappa shape index (κ3) is 2.55. The van der Waals surface area contributed by atoms with Crippen LogP contribution in [0, 0.1) is 0 Å². The van der Waals surface area contributed by atoms with Crippen LogP contribution in [0.15, 0.2) is 24.3 Å². The van der Waals surface area contributed by atoms with Crippen molar-refractivity contribution in [2.75, 3.05) is 0 Å². The molecule has 1 rings (SSSR count). The summed E-state index contributed by atoms with van der Waals surface area (Å²) in [7, 11) is 0. The number of allylic oxidation sites excluding steroid dienone is 2. The lowest BCUT2D eigenvalue weighted by Gasteiger charge is -2.25. The van der Waals surface area contributed by atoms with Gasteiger partial charge in [-0.2, -0.15) is 4.72 Å².